The number of benzene rings is 1. The number of quaternary nitrogens is 1. The molecule has 0 saturated carbocycles. The summed E-state index contributed by atoms with van der Waals surface area (Å²) in [4.78, 5) is 61.6. The molecule has 1 aromatic carbocycles. The molecule has 4 aromatic rings. The molecule has 6 fully saturated rings. The molecule has 0 radical (unpaired) electrons. The first kappa shape index (κ1) is 79.9. The van der Waals surface area contributed by atoms with E-state index in [2.05, 4.69) is 139 Å². The van der Waals surface area contributed by atoms with Crippen molar-refractivity contribution in [3.05, 3.63) is 84.8 Å². The van der Waals surface area contributed by atoms with Crippen LogP contribution in [0.1, 0.15) is 80.7 Å². The van der Waals surface area contributed by atoms with E-state index in [1.54, 1.807) is 30.9 Å². The maximum Gasteiger partial charge on any atom is 0.401 e. The summed E-state index contributed by atoms with van der Waals surface area (Å²) in [7, 11) is 2.85. The van der Waals surface area contributed by atoms with E-state index in [-0.39, 0.29) is 46.9 Å². The number of ether oxygens (including phenoxy) is 3. The van der Waals surface area contributed by atoms with Crippen LogP contribution in [0, 0.1) is 17.8 Å². The number of piperazine rings is 1. The minimum atomic E-state index is -4.66. The Kier molecular flexibility index (Phi) is 25.5. The first-order chi connectivity index (χ1) is 42.0. The first-order valence-electron chi connectivity index (χ1n) is 28.2. The van der Waals surface area contributed by atoms with Gasteiger partial charge in [-0.3, -0.25) is 33.5 Å². The highest BCUT2D eigenvalue weighted by molar-refractivity contribution is 9.10. The predicted octanol–water partition coefficient (Wildman–Crippen LogP) is 8.99. The zero-order valence-electron chi connectivity index (χ0n) is 50.4. The molecule has 3 aromatic heterocycles. The summed E-state index contributed by atoms with van der Waals surface area (Å²) in [5.74, 6) is -4.58. The van der Waals surface area contributed by atoms with Gasteiger partial charge < -0.3 is 56.4 Å². The lowest BCUT2D eigenvalue weighted by atomic mass is 9.79. The molecule has 2 bridgehead atoms. The van der Waals surface area contributed by atoms with Crippen LogP contribution in [-0.2, 0) is 55.5 Å². The number of H-pyrrole nitrogens is 1. The third-order valence-corrected chi connectivity index (χ3v) is 20.1. The van der Waals surface area contributed by atoms with Gasteiger partial charge >= 0.3 is 25.6 Å². The first-order valence-corrected chi connectivity index (χ1v) is 35.3. The molecule has 18 nitrogen and oxygen atoms in total. The fraction of sp³-hybridized carbons (Fsp3) is 0.607. The molecule has 12 rings (SSSR count). The van der Waals surface area contributed by atoms with Gasteiger partial charge in [0.05, 0.1) is 40.6 Å². The van der Waals surface area contributed by atoms with E-state index < -0.39 is 82.8 Å². The number of epoxide rings is 1. The second-order valence-electron chi connectivity index (χ2n) is 24.3. The Labute approximate surface area is 593 Å². The van der Waals surface area contributed by atoms with Crippen LogP contribution in [0.4, 0.5) is 30.7 Å². The van der Waals surface area contributed by atoms with E-state index >= 15 is 0 Å². The van der Waals surface area contributed by atoms with Crippen molar-refractivity contribution in [3.63, 3.8) is 0 Å². The molecule has 0 spiro atoms. The number of aliphatic hydroxyl groups is 2. The van der Waals surface area contributed by atoms with Gasteiger partial charge in [-0.2, -0.15) is 39.2 Å². The van der Waals surface area contributed by atoms with Gasteiger partial charge in [0, 0.05) is 48.8 Å². The summed E-state index contributed by atoms with van der Waals surface area (Å²) in [6.07, 6.45) is 7.25. The van der Waals surface area contributed by atoms with Crippen molar-refractivity contribution in [3.8, 4) is 0 Å². The highest BCUT2D eigenvalue weighted by Crippen LogP contribution is 2.53. The number of morpholine rings is 1. The van der Waals surface area contributed by atoms with E-state index in [0.717, 1.165) is 51.4 Å². The number of fused-ring (bicyclic) bond motifs is 10. The average molecular weight is 1650 g/mol. The summed E-state index contributed by atoms with van der Waals surface area (Å²) in [5, 5.41) is 22.1. The SMILES string of the molecule is CC(C)C[C@H]1C(=O)N2CCC[C@H]2[C@]2(O)O[C@](NC(=O)[C@@H]3C=C4c5cccc6[nH]c(Br)c(c56)C[C@H]4N(C)C3)(C(C)C)C(=O)N12.CS(=O)(=O)O.C[N+]1(C)[C@@H]2CC(OC(=O)C(O)(c3cccs3)c3cccs3)C[C@H]1[C@@H]1O[C@@H]12.FC(Cl)(Cl)Cl.FC(F)(Cl)C(F)(F)Cl.FC(F)(Cl)Cl.[Br-]. The van der Waals surface area contributed by atoms with Crippen LogP contribution >= 0.6 is 120 Å². The van der Waals surface area contributed by atoms with E-state index in [1.807, 2.05) is 55.9 Å². The molecular weight excluding hydrogens is 1590 g/mol. The van der Waals surface area contributed by atoms with Crippen LogP contribution in [0.25, 0.3) is 16.5 Å². The number of carbonyl (C=O) groups excluding carboxylic acids is 4. The summed E-state index contributed by atoms with van der Waals surface area (Å²) in [5.41, 5.74) is 0.957. The maximum absolute atomic E-state index is 14.4. The van der Waals surface area contributed by atoms with Gasteiger partial charge in [-0.25, -0.2) is 4.79 Å². The number of hydrogen-bond donors (Lipinski definition) is 5. The highest BCUT2D eigenvalue weighted by Gasteiger charge is 2.73. The lowest BCUT2D eigenvalue weighted by Crippen LogP contribution is -3.00. The number of aromatic nitrogens is 1. The zero-order chi connectivity index (χ0) is 69.2. The molecule has 6 saturated heterocycles. The number of aromatic amines is 1. The summed E-state index contributed by atoms with van der Waals surface area (Å²) >= 11 is 35.1. The van der Waals surface area contributed by atoms with Gasteiger partial charge in [-0.15, -0.1) is 22.7 Å². The molecule has 7 aliphatic heterocycles. The summed E-state index contributed by atoms with van der Waals surface area (Å²) < 4.78 is 120. The Morgan fingerprint density at radius 2 is 1.43 bits per heavy atom. The molecule has 1 unspecified atom stereocenters. The number of amides is 3. The minimum Gasteiger partial charge on any atom is -1.00 e. The molecule has 11 atom stereocenters. The maximum atomic E-state index is 14.4. The smallest absolute Gasteiger partial charge is 0.401 e. The van der Waals surface area contributed by atoms with Gasteiger partial charge in [0.1, 0.15) is 42.5 Å². The minimum absolute atomic E-state index is 0. The van der Waals surface area contributed by atoms with E-state index in [4.69, 9.17) is 18.8 Å². The fourth-order valence-electron chi connectivity index (χ4n) is 13.0. The van der Waals surface area contributed by atoms with Crippen molar-refractivity contribution in [2.75, 3.05) is 40.5 Å². The Morgan fingerprint density at radius 1 is 0.914 bits per heavy atom. The third kappa shape index (κ3) is 18.1. The normalized spacial score (nSPS) is 28.3. The number of esters is 1. The standard InChI is InChI=1S/C32H40BrN5O5.C19H22NO4S2.C2Cl2F4.CCl3F.CCl2F2.CH4O3S.BrH/c1-16(2)12-24-29(40)37-11-7-10-25(37)32(42)38(24)30(41)31(43-32,17(3)4)35-28(39)18-13-20-19-8-6-9-22-26(19)21(27(33)34-22)14-23(20)36(5)15-18;1-20(2)12-9-11(10-13(20)17-16(12)24-17)23-18(21)19(22,14-5-3-7-25-14)15-6-4-8-26-15;3-1(5,6)2(4,7)8;2*2-1(3,4)5;1-5(2,3)4;/h6,8-9,13,16-18,23-25,34,42H,7,10-12,14-15H2,1-5H3,(H,35,39);3-8,11-13,16-17,22H,9-10H2,1-2H3;;;;1H3,(H,2,3,4);1H/q;+1;;;;;/p-1/t18-,23-,24+,25+,31-,32+;11?,12-,13+,16-,17+;;;;;/m1....../s1. The summed E-state index contributed by atoms with van der Waals surface area (Å²) in [6, 6.07) is 12.8. The number of likely N-dealkylation sites (N-methyl/N-ethyl adjacent to an activating group) is 2. The van der Waals surface area contributed by atoms with Gasteiger partial charge in [-0.1, -0.05) is 58.0 Å². The Hall–Kier alpha value is -2.05. The van der Waals surface area contributed by atoms with Crippen LogP contribution in [-0.4, -0.2) is 191 Å². The van der Waals surface area contributed by atoms with Gasteiger partial charge in [0.25, 0.3) is 21.9 Å². The molecule has 522 valence electrons. The van der Waals surface area contributed by atoms with Crippen molar-refractivity contribution in [1.29, 1.82) is 0 Å². The monoisotopic (exact) mass is 1650 g/mol. The van der Waals surface area contributed by atoms with Crippen LogP contribution in [0.2, 0.25) is 0 Å². The number of nitrogens with one attached hydrogen (secondary N) is 2. The quantitative estimate of drug-likeness (QED) is 0.0250. The number of hydrogen-bond acceptors (Lipinski definition) is 14. The second kappa shape index (κ2) is 29.6. The van der Waals surface area contributed by atoms with Crippen molar-refractivity contribution in [2.24, 2.45) is 17.8 Å². The molecule has 3 amide bonds. The largest absolute Gasteiger partial charge is 1.00 e. The molecule has 93 heavy (non-hydrogen) atoms. The van der Waals surface area contributed by atoms with Crippen LogP contribution < -0.4 is 22.3 Å². The van der Waals surface area contributed by atoms with Crippen LogP contribution in [0.5, 0.6) is 0 Å². The third-order valence-electron chi connectivity index (χ3n) is 16.9. The fourth-order valence-corrected chi connectivity index (χ4v) is 15.3. The molecule has 37 heteroatoms. The van der Waals surface area contributed by atoms with Crippen molar-refractivity contribution >= 4 is 170 Å². The van der Waals surface area contributed by atoms with E-state index in [0.29, 0.717) is 66.2 Å². The second-order valence-corrected chi connectivity index (χ2v) is 32.7. The molecule has 5 N–H and O–H groups in total. The molecule has 10 heterocycles. The molecular formula is C56H66Br2Cl7F7N6O12S3. The number of halogens is 16. The Morgan fingerprint density at radius 3 is 1.89 bits per heavy atom. The summed E-state index contributed by atoms with van der Waals surface area (Å²) in [6.45, 7) is 8.57. The molecule has 1 aliphatic carbocycles. The number of piperidine rings is 1. The van der Waals surface area contributed by atoms with Gasteiger partial charge in [-0.05, 0) is 181 Å². The van der Waals surface area contributed by atoms with Gasteiger partial charge in [0.2, 0.25) is 23.1 Å². The number of rotatable bonds is 10. The number of alkyl halides is 14. The van der Waals surface area contributed by atoms with Crippen molar-refractivity contribution < 1.29 is 109 Å². The Balaban J connectivity index is 0.000000231. The van der Waals surface area contributed by atoms with Crippen molar-refractivity contribution in [1.82, 2.24) is 25.0 Å². The topological polar surface area (TPSA) is 232 Å². The zero-order valence-corrected chi connectivity index (χ0v) is 61.3. The van der Waals surface area contributed by atoms with Crippen LogP contribution in [0.15, 0.2) is 63.9 Å². The number of thiophene rings is 2. The lowest BCUT2D eigenvalue weighted by Gasteiger charge is -2.49. The van der Waals surface area contributed by atoms with E-state index in [1.165, 1.54) is 38.5 Å². The van der Waals surface area contributed by atoms with E-state index in [9.17, 15) is 68.5 Å². The predicted molar refractivity (Wildman–Crippen MR) is 340 cm³/mol. The van der Waals surface area contributed by atoms with Crippen LogP contribution in [0.3, 0.4) is 0 Å². The van der Waals surface area contributed by atoms with Crippen molar-refractivity contribution in [2.45, 2.75) is 152 Å². The molecule has 8 aliphatic rings. The highest BCUT2D eigenvalue weighted by atomic mass is 79.9. The Bertz CT molecular complexity index is 3380. The average Bonchev–Trinajstić information content (AvgIpc) is 1.55. The lowest BCUT2D eigenvalue weighted by molar-refractivity contribution is -0.938. The number of nitrogens with zero attached hydrogens (tertiary/aromatic N) is 4. The van der Waals surface area contributed by atoms with Gasteiger partial charge in [0.15, 0.2) is 0 Å². The number of carbonyl (C=O) groups is 4.